The van der Waals surface area contributed by atoms with E-state index >= 15 is 0 Å². The first-order valence-corrected chi connectivity index (χ1v) is 8.29. The van der Waals surface area contributed by atoms with Gasteiger partial charge in [0.2, 0.25) is 11.8 Å². The van der Waals surface area contributed by atoms with Gasteiger partial charge < -0.3 is 9.80 Å². The number of hydrogen-bond acceptors (Lipinski definition) is 4. The van der Waals surface area contributed by atoms with Gasteiger partial charge in [-0.1, -0.05) is 6.07 Å². The molecule has 0 aliphatic carbocycles. The molecule has 2 aliphatic rings. The van der Waals surface area contributed by atoms with E-state index in [0.29, 0.717) is 13.0 Å². The molecule has 2 amide bonds. The van der Waals surface area contributed by atoms with E-state index in [0.717, 1.165) is 32.7 Å². The van der Waals surface area contributed by atoms with Gasteiger partial charge in [0, 0.05) is 57.6 Å². The first-order chi connectivity index (χ1) is 10.1. The van der Waals surface area contributed by atoms with Crippen LogP contribution in [-0.4, -0.2) is 66.3 Å². The third kappa shape index (κ3) is 3.27. The molecule has 2 aliphatic heterocycles. The van der Waals surface area contributed by atoms with Crippen LogP contribution in [0.25, 0.3) is 0 Å². The van der Waals surface area contributed by atoms with Crippen molar-refractivity contribution >= 4 is 23.2 Å². The number of hydrogen-bond donors (Lipinski definition) is 0. The summed E-state index contributed by atoms with van der Waals surface area (Å²) in [7, 11) is 1.77. The van der Waals surface area contributed by atoms with Gasteiger partial charge in [0.25, 0.3) is 0 Å². The van der Waals surface area contributed by atoms with Gasteiger partial charge in [-0.2, -0.15) is 0 Å². The minimum atomic E-state index is -0.133. The first-order valence-electron chi connectivity index (χ1n) is 7.41. The minimum absolute atomic E-state index is 0.0877. The predicted molar refractivity (Wildman–Crippen MR) is 81.9 cm³/mol. The van der Waals surface area contributed by atoms with Crippen LogP contribution in [0.5, 0.6) is 0 Å². The summed E-state index contributed by atoms with van der Waals surface area (Å²) in [4.78, 5) is 31.4. The number of thiophene rings is 1. The second-order valence-corrected chi connectivity index (χ2v) is 6.89. The Morgan fingerprint density at radius 2 is 2.10 bits per heavy atom. The van der Waals surface area contributed by atoms with Crippen molar-refractivity contribution in [2.45, 2.75) is 13.0 Å². The summed E-state index contributed by atoms with van der Waals surface area (Å²) in [6, 6.07) is 4.23. The predicted octanol–water partition coefficient (Wildman–Crippen LogP) is 0.871. The van der Waals surface area contributed by atoms with Gasteiger partial charge in [0.1, 0.15) is 0 Å². The number of likely N-dealkylation sites (tertiary alicyclic amines) is 1. The number of rotatable bonds is 3. The highest BCUT2D eigenvalue weighted by Crippen LogP contribution is 2.20. The van der Waals surface area contributed by atoms with E-state index in [2.05, 4.69) is 22.4 Å². The summed E-state index contributed by atoms with van der Waals surface area (Å²) in [6.07, 6.45) is 0.380. The molecule has 2 fully saturated rings. The van der Waals surface area contributed by atoms with E-state index in [-0.39, 0.29) is 17.7 Å². The molecule has 0 aromatic carbocycles. The van der Waals surface area contributed by atoms with Gasteiger partial charge in [-0.3, -0.25) is 14.5 Å². The van der Waals surface area contributed by atoms with E-state index in [1.165, 1.54) is 4.88 Å². The molecule has 114 valence electrons. The maximum absolute atomic E-state index is 12.4. The molecule has 21 heavy (non-hydrogen) atoms. The largest absolute Gasteiger partial charge is 0.345 e. The molecular weight excluding hydrogens is 286 g/mol. The van der Waals surface area contributed by atoms with Crippen LogP contribution in [0.2, 0.25) is 0 Å². The number of amides is 2. The average Bonchev–Trinajstić information content (AvgIpc) is 3.10. The molecule has 1 unspecified atom stereocenters. The number of nitrogens with zero attached hydrogens (tertiary/aromatic N) is 3. The fourth-order valence-electron chi connectivity index (χ4n) is 3.04. The molecule has 1 atom stereocenters. The van der Waals surface area contributed by atoms with Crippen molar-refractivity contribution in [3.05, 3.63) is 22.4 Å². The lowest BCUT2D eigenvalue weighted by Gasteiger charge is -2.35. The summed E-state index contributed by atoms with van der Waals surface area (Å²) in [6.45, 7) is 4.94. The Morgan fingerprint density at radius 3 is 2.67 bits per heavy atom. The van der Waals surface area contributed by atoms with Gasteiger partial charge in [-0.25, -0.2) is 0 Å². The molecule has 3 rings (SSSR count). The van der Waals surface area contributed by atoms with E-state index in [4.69, 9.17) is 0 Å². The van der Waals surface area contributed by atoms with Crippen molar-refractivity contribution in [2.24, 2.45) is 5.92 Å². The second kappa shape index (κ2) is 6.15. The lowest BCUT2D eigenvalue weighted by atomic mass is 10.1. The van der Waals surface area contributed by atoms with E-state index in [9.17, 15) is 9.59 Å². The Balaban J connectivity index is 1.49. The number of carbonyl (C=O) groups excluding carboxylic acids is 2. The molecule has 0 bridgehead atoms. The highest BCUT2D eigenvalue weighted by atomic mass is 32.1. The monoisotopic (exact) mass is 307 g/mol. The van der Waals surface area contributed by atoms with Gasteiger partial charge >= 0.3 is 0 Å². The topological polar surface area (TPSA) is 43.9 Å². The van der Waals surface area contributed by atoms with Crippen LogP contribution in [0.15, 0.2) is 17.5 Å². The minimum Gasteiger partial charge on any atom is -0.345 e. The van der Waals surface area contributed by atoms with Crippen molar-refractivity contribution in [2.75, 3.05) is 39.8 Å². The second-order valence-electron chi connectivity index (χ2n) is 5.86. The quantitative estimate of drug-likeness (QED) is 0.832. The van der Waals surface area contributed by atoms with Crippen LogP contribution in [0.3, 0.4) is 0 Å². The maximum Gasteiger partial charge on any atom is 0.228 e. The van der Waals surface area contributed by atoms with E-state index < -0.39 is 0 Å². The number of piperazine rings is 1. The lowest BCUT2D eigenvalue weighted by molar-refractivity contribution is -0.137. The van der Waals surface area contributed by atoms with Crippen molar-refractivity contribution in [3.63, 3.8) is 0 Å². The van der Waals surface area contributed by atoms with Crippen molar-refractivity contribution in [1.29, 1.82) is 0 Å². The summed E-state index contributed by atoms with van der Waals surface area (Å²) in [5.74, 6) is 0.111. The molecule has 1 aromatic heterocycles. The fourth-order valence-corrected chi connectivity index (χ4v) is 3.78. The van der Waals surface area contributed by atoms with Crippen LogP contribution in [-0.2, 0) is 16.1 Å². The van der Waals surface area contributed by atoms with Crippen LogP contribution in [0.1, 0.15) is 11.3 Å². The smallest absolute Gasteiger partial charge is 0.228 e. The van der Waals surface area contributed by atoms with Crippen molar-refractivity contribution in [3.8, 4) is 0 Å². The van der Waals surface area contributed by atoms with Gasteiger partial charge in [0.05, 0.1) is 5.92 Å². The zero-order valence-corrected chi connectivity index (χ0v) is 13.1. The molecule has 0 spiro atoms. The first kappa shape index (κ1) is 14.5. The molecule has 6 heteroatoms. The van der Waals surface area contributed by atoms with Gasteiger partial charge in [-0.05, 0) is 11.4 Å². The fraction of sp³-hybridized carbons (Fsp3) is 0.600. The van der Waals surface area contributed by atoms with Crippen LogP contribution < -0.4 is 0 Å². The molecule has 3 heterocycles. The Hall–Kier alpha value is -1.40. The third-order valence-electron chi connectivity index (χ3n) is 4.33. The Bertz CT molecular complexity index is 509. The summed E-state index contributed by atoms with van der Waals surface area (Å²) >= 11 is 1.78. The Labute approximate surface area is 129 Å². The summed E-state index contributed by atoms with van der Waals surface area (Å²) in [5, 5.41) is 2.10. The van der Waals surface area contributed by atoms with Crippen LogP contribution in [0, 0.1) is 5.92 Å². The Morgan fingerprint density at radius 1 is 1.33 bits per heavy atom. The summed E-state index contributed by atoms with van der Waals surface area (Å²) in [5.41, 5.74) is 0. The SMILES string of the molecule is CN1CC(C(=O)N2CCN(Cc3cccs3)CC2)CC1=O. The third-order valence-corrected chi connectivity index (χ3v) is 5.19. The zero-order chi connectivity index (χ0) is 14.8. The molecule has 0 radical (unpaired) electrons. The number of carbonyl (C=O) groups is 2. The maximum atomic E-state index is 12.4. The molecule has 2 saturated heterocycles. The Kier molecular flexibility index (Phi) is 4.26. The van der Waals surface area contributed by atoms with Crippen LogP contribution >= 0.6 is 11.3 Å². The average molecular weight is 307 g/mol. The standard InChI is InChI=1S/C15H21N3O2S/c1-16-10-12(9-14(16)19)15(20)18-6-4-17(5-7-18)11-13-3-2-8-21-13/h2-3,8,12H,4-7,9-11H2,1H3. The molecule has 5 nitrogen and oxygen atoms in total. The molecule has 0 saturated carbocycles. The zero-order valence-electron chi connectivity index (χ0n) is 12.3. The molecule has 0 N–H and O–H groups in total. The van der Waals surface area contributed by atoms with E-state index in [1.807, 2.05) is 4.90 Å². The van der Waals surface area contributed by atoms with Crippen molar-refractivity contribution in [1.82, 2.24) is 14.7 Å². The van der Waals surface area contributed by atoms with Gasteiger partial charge in [-0.15, -0.1) is 11.3 Å². The highest BCUT2D eigenvalue weighted by Gasteiger charge is 2.35. The molecule has 1 aromatic rings. The van der Waals surface area contributed by atoms with Crippen molar-refractivity contribution < 1.29 is 9.59 Å². The van der Waals surface area contributed by atoms with E-state index in [1.54, 1.807) is 23.3 Å². The molecular formula is C15H21N3O2S. The summed E-state index contributed by atoms with van der Waals surface area (Å²) < 4.78 is 0. The highest BCUT2D eigenvalue weighted by molar-refractivity contribution is 7.09. The van der Waals surface area contributed by atoms with Gasteiger partial charge in [0.15, 0.2) is 0 Å². The normalized spacial score (nSPS) is 23.9. The lowest BCUT2D eigenvalue weighted by Crippen LogP contribution is -2.50. The van der Waals surface area contributed by atoms with Crippen LogP contribution in [0.4, 0.5) is 0 Å².